The molecule has 0 N–H and O–H groups in total. The third-order valence-corrected chi connectivity index (χ3v) is 2.96. The summed E-state index contributed by atoms with van der Waals surface area (Å²) in [4.78, 5) is 12.8. The van der Waals surface area contributed by atoms with Crippen LogP contribution in [0.4, 0.5) is 0 Å². The fraction of sp³-hybridized carbons (Fsp3) is 0.500. The summed E-state index contributed by atoms with van der Waals surface area (Å²) in [5, 5.41) is 0. The number of aryl methyl sites for hydroxylation is 1. The molecule has 0 fully saturated rings. The van der Waals surface area contributed by atoms with Crippen LogP contribution in [-0.2, 0) is 13.5 Å². The van der Waals surface area contributed by atoms with E-state index in [2.05, 4.69) is 6.92 Å². The van der Waals surface area contributed by atoms with Crippen molar-refractivity contribution in [3.05, 3.63) is 28.2 Å². The van der Waals surface area contributed by atoms with Gasteiger partial charge < -0.3 is 4.57 Å². The SMILES string of the molecule is CCSc1ccn(C)c(=O)c1CC. The van der Waals surface area contributed by atoms with Crippen LogP contribution in [0.15, 0.2) is 22.0 Å². The third-order valence-electron chi connectivity index (χ3n) is 1.98. The first kappa shape index (κ1) is 10.4. The molecule has 0 bridgehead atoms. The van der Waals surface area contributed by atoms with Crippen LogP contribution < -0.4 is 5.56 Å². The Labute approximate surface area is 83.0 Å². The molecular weight excluding hydrogens is 182 g/mol. The van der Waals surface area contributed by atoms with Crippen LogP contribution in [0.2, 0.25) is 0 Å². The van der Waals surface area contributed by atoms with Crippen LogP contribution in [-0.4, -0.2) is 10.3 Å². The summed E-state index contributed by atoms with van der Waals surface area (Å²) in [5.41, 5.74) is 1.08. The quantitative estimate of drug-likeness (QED) is 0.692. The van der Waals surface area contributed by atoms with Crippen LogP contribution in [0.5, 0.6) is 0 Å². The smallest absolute Gasteiger partial charge is 0.254 e. The van der Waals surface area contributed by atoms with Gasteiger partial charge in [0, 0.05) is 23.7 Å². The van der Waals surface area contributed by atoms with Crippen LogP contribution in [0.25, 0.3) is 0 Å². The average molecular weight is 197 g/mol. The van der Waals surface area contributed by atoms with Gasteiger partial charge in [0.2, 0.25) is 0 Å². The van der Waals surface area contributed by atoms with Crippen molar-refractivity contribution in [2.24, 2.45) is 7.05 Å². The second-order valence-electron chi connectivity index (χ2n) is 2.86. The van der Waals surface area contributed by atoms with E-state index in [1.54, 1.807) is 23.4 Å². The molecule has 0 saturated carbocycles. The van der Waals surface area contributed by atoms with Gasteiger partial charge in [-0.25, -0.2) is 0 Å². The van der Waals surface area contributed by atoms with Gasteiger partial charge in [-0.05, 0) is 18.2 Å². The number of pyridine rings is 1. The predicted octanol–water partition coefficient (Wildman–Crippen LogP) is 2.06. The Morgan fingerprint density at radius 1 is 1.46 bits per heavy atom. The first-order valence-corrected chi connectivity index (χ1v) is 5.50. The van der Waals surface area contributed by atoms with E-state index in [0.29, 0.717) is 0 Å². The zero-order valence-corrected chi connectivity index (χ0v) is 9.15. The van der Waals surface area contributed by atoms with Crippen LogP contribution in [0, 0.1) is 0 Å². The maximum absolute atomic E-state index is 11.6. The van der Waals surface area contributed by atoms with Gasteiger partial charge in [0.1, 0.15) is 0 Å². The standard InChI is InChI=1S/C10H15NOS/c1-4-8-9(13-5-2)6-7-11(3)10(8)12/h6-7H,4-5H2,1-3H3. The lowest BCUT2D eigenvalue weighted by atomic mass is 10.2. The van der Waals surface area contributed by atoms with E-state index >= 15 is 0 Å². The van der Waals surface area contributed by atoms with Crippen molar-refractivity contribution in [1.82, 2.24) is 4.57 Å². The minimum absolute atomic E-state index is 0.140. The second-order valence-corrected chi connectivity index (χ2v) is 4.17. The highest BCUT2D eigenvalue weighted by molar-refractivity contribution is 7.99. The zero-order valence-electron chi connectivity index (χ0n) is 8.33. The topological polar surface area (TPSA) is 22.0 Å². The average Bonchev–Trinajstić information content (AvgIpc) is 2.12. The summed E-state index contributed by atoms with van der Waals surface area (Å²) in [7, 11) is 1.79. The lowest BCUT2D eigenvalue weighted by Crippen LogP contribution is -2.20. The van der Waals surface area contributed by atoms with Gasteiger partial charge in [-0.15, -0.1) is 11.8 Å². The molecule has 1 aromatic rings. The fourth-order valence-electron chi connectivity index (χ4n) is 1.28. The summed E-state index contributed by atoms with van der Waals surface area (Å²) in [5.74, 6) is 1.01. The van der Waals surface area contributed by atoms with Crippen LogP contribution in [0.1, 0.15) is 19.4 Å². The Morgan fingerprint density at radius 3 is 2.69 bits per heavy atom. The van der Waals surface area contributed by atoms with Crippen molar-refractivity contribution in [3.8, 4) is 0 Å². The molecule has 0 saturated heterocycles. The van der Waals surface area contributed by atoms with Crippen molar-refractivity contribution in [2.75, 3.05) is 5.75 Å². The van der Waals surface area contributed by atoms with E-state index < -0.39 is 0 Å². The molecule has 2 nitrogen and oxygen atoms in total. The largest absolute Gasteiger partial charge is 0.318 e. The molecule has 0 aliphatic carbocycles. The Hall–Kier alpha value is -0.700. The molecule has 1 rings (SSSR count). The molecule has 1 heterocycles. The van der Waals surface area contributed by atoms with Crippen molar-refractivity contribution in [1.29, 1.82) is 0 Å². The number of hydrogen-bond donors (Lipinski definition) is 0. The predicted molar refractivity (Wildman–Crippen MR) is 57.5 cm³/mol. The van der Waals surface area contributed by atoms with E-state index in [-0.39, 0.29) is 5.56 Å². The van der Waals surface area contributed by atoms with E-state index in [1.165, 1.54) is 0 Å². The molecule has 0 atom stereocenters. The number of hydrogen-bond acceptors (Lipinski definition) is 2. The first-order valence-electron chi connectivity index (χ1n) is 4.52. The van der Waals surface area contributed by atoms with Crippen molar-refractivity contribution in [2.45, 2.75) is 25.2 Å². The number of nitrogens with zero attached hydrogens (tertiary/aromatic N) is 1. The Bertz CT molecular complexity index is 343. The summed E-state index contributed by atoms with van der Waals surface area (Å²) >= 11 is 1.74. The molecular formula is C10H15NOS. The zero-order chi connectivity index (χ0) is 9.84. The highest BCUT2D eigenvalue weighted by atomic mass is 32.2. The molecule has 0 aromatic carbocycles. The summed E-state index contributed by atoms with van der Waals surface area (Å²) in [6.45, 7) is 4.12. The maximum atomic E-state index is 11.6. The number of rotatable bonds is 3. The molecule has 0 spiro atoms. The van der Waals surface area contributed by atoms with Gasteiger partial charge in [0.25, 0.3) is 5.56 Å². The molecule has 0 radical (unpaired) electrons. The van der Waals surface area contributed by atoms with Gasteiger partial charge in [-0.1, -0.05) is 13.8 Å². The molecule has 0 unspecified atom stereocenters. The Balaban J connectivity index is 3.22. The summed E-state index contributed by atoms with van der Waals surface area (Å²) in [6, 6.07) is 2.02. The maximum Gasteiger partial charge on any atom is 0.254 e. The molecule has 1 aromatic heterocycles. The van der Waals surface area contributed by atoms with Crippen molar-refractivity contribution in [3.63, 3.8) is 0 Å². The monoisotopic (exact) mass is 197 g/mol. The van der Waals surface area contributed by atoms with E-state index in [1.807, 2.05) is 19.2 Å². The molecule has 13 heavy (non-hydrogen) atoms. The molecule has 0 aliphatic heterocycles. The van der Waals surface area contributed by atoms with E-state index in [4.69, 9.17) is 0 Å². The van der Waals surface area contributed by atoms with Crippen LogP contribution in [0.3, 0.4) is 0 Å². The van der Waals surface area contributed by atoms with E-state index in [9.17, 15) is 4.79 Å². The van der Waals surface area contributed by atoms with Gasteiger partial charge in [-0.2, -0.15) is 0 Å². The van der Waals surface area contributed by atoms with Gasteiger partial charge in [0.15, 0.2) is 0 Å². The highest BCUT2D eigenvalue weighted by Crippen LogP contribution is 2.19. The van der Waals surface area contributed by atoms with Gasteiger partial charge >= 0.3 is 0 Å². The normalized spacial score (nSPS) is 10.4. The van der Waals surface area contributed by atoms with Gasteiger partial charge in [0.05, 0.1) is 0 Å². The summed E-state index contributed by atoms with van der Waals surface area (Å²) < 4.78 is 1.64. The van der Waals surface area contributed by atoms with Crippen molar-refractivity contribution < 1.29 is 0 Å². The third kappa shape index (κ3) is 2.15. The van der Waals surface area contributed by atoms with Crippen molar-refractivity contribution >= 4 is 11.8 Å². The molecule has 3 heteroatoms. The molecule has 0 aliphatic rings. The van der Waals surface area contributed by atoms with E-state index in [0.717, 1.165) is 22.6 Å². The fourth-order valence-corrected chi connectivity index (χ4v) is 2.16. The highest BCUT2D eigenvalue weighted by Gasteiger charge is 2.05. The minimum atomic E-state index is 0.140. The minimum Gasteiger partial charge on any atom is -0.318 e. The lowest BCUT2D eigenvalue weighted by Gasteiger charge is -2.06. The number of thioether (sulfide) groups is 1. The molecule has 0 amide bonds. The second kappa shape index (κ2) is 4.51. The summed E-state index contributed by atoms with van der Waals surface area (Å²) in [6.07, 6.45) is 2.65. The Kier molecular flexibility index (Phi) is 3.60. The number of aromatic nitrogens is 1. The molecule has 72 valence electrons. The van der Waals surface area contributed by atoms with Gasteiger partial charge in [-0.3, -0.25) is 4.79 Å². The lowest BCUT2D eigenvalue weighted by molar-refractivity contribution is 0.817. The first-order chi connectivity index (χ1) is 6.20. The Morgan fingerprint density at radius 2 is 2.15 bits per heavy atom. The van der Waals surface area contributed by atoms with Crippen LogP contribution >= 0.6 is 11.8 Å².